The summed E-state index contributed by atoms with van der Waals surface area (Å²) in [6, 6.07) is 8.24. The molecule has 1 aromatic carbocycles. The van der Waals surface area contributed by atoms with Crippen LogP contribution in [0.2, 0.25) is 0 Å². The number of hydrogen-bond acceptors (Lipinski definition) is 2. The molecular weight excluding hydrogens is 212 g/mol. The van der Waals surface area contributed by atoms with Gasteiger partial charge in [-0.1, -0.05) is 25.0 Å². The summed E-state index contributed by atoms with van der Waals surface area (Å²) in [5.74, 6) is 3.87. The zero-order chi connectivity index (χ0) is 12.3. The first-order valence-corrected chi connectivity index (χ1v) is 6.18. The van der Waals surface area contributed by atoms with Crippen LogP contribution in [0, 0.1) is 12.0 Å². The highest BCUT2D eigenvalue weighted by molar-refractivity contribution is 5.27. The molecule has 2 nitrogen and oxygen atoms in total. The molecule has 0 radical (unpaired) electrons. The van der Waals surface area contributed by atoms with E-state index in [0.29, 0.717) is 13.2 Å². The lowest BCUT2D eigenvalue weighted by molar-refractivity contribution is 0.297. The van der Waals surface area contributed by atoms with Gasteiger partial charge in [-0.25, -0.2) is 0 Å². The molecule has 0 saturated heterocycles. The summed E-state index contributed by atoms with van der Waals surface area (Å²) in [5, 5.41) is 0. The van der Waals surface area contributed by atoms with Gasteiger partial charge in [0.1, 0.15) is 11.9 Å². The molecule has 0 aromatic heterocycles. The topological polar surface area (TPSA) is 18.5 Å². The van der Waals surface area contributed by atoms with Crippen molar-refractivity contribution in [2.45, 2.75) is 33.1 Å². The molecule has 0 saturated carbocycles. The molecule has 2 heteroatoms. The van der Waals surface area contributed by atoms with Crippen LogP contribution in [-0.2, 0) is 11.2 Å². The molecule has 0 fully saturated rings. The third kappa shape index (κ3) is 5.87. The van der Waals surface area contributed by atoms with Gasteiger partial charge < -0.3 is 9.47 Å². The van der Waals surface area contributed by atoms with Crippen molar-refractivity contribution >= 4 is 0 Å². The average molecular weight is 232 g/mol. The number of aryl methyl sites for hydroxylation is 1. The number of benzene rings is 1. The van der Waals surface area contributed by atoms with E-state index >= 15 is 0 Å². The Kier molecular flexibility index (Phi) is 6.74. The molecule has 0 heterocycles. The Morgan fingerprint density at radius 1 is 1.12 bits per heavy atom. The van der Waals surface area contributed by atoms with Gasteiger partial charge in [-0.3, -0.25) is 0 Å². The Balaban J connectivity index is 2.16. The maximum atomic E-state index is 5.60. The number of unbranched alkanes of at least 4 members (excludes halogenated alkanes) is 1. The smallest absolute Gasteiger partial charge is 0.119 e. The van der Waals surface area contributed by atoms with Gasteiger partial charge >= 0.3 is 0 Å². The van der Waals surface area contributed by atoms with Gasteiger partial charge in [-0.2, -0.15) is 0 Å². The van der Waals surface area contributed by atoms with Crippen LogP contribution < -0.4 is 4.74 Å². The Hall–Kier alpha value is -1.62. The Bertz CT molecular complexity index is 357. The first-order chi connectivity index (χ1) is 8.36. The van der Waals surface area contributed by atoms with Crippen molar-refractivity contribution in [1.29, 1.82) is 0 Å². The summed E-state index contributed by atoms with van der Waals surface area (Å²) in [6.45, 7) is 5.42. The molecule has 0 unspecified atom stereocenters. The zero-order valence-electron chi connectivity index (χ0n) is 10.7. The Labute approximate surface area is 104 Å². The quantitative estimate of drug-likeness (QED) is 0.553. The van der Waals surface area contributed by atoms with Gasteiger partial charge in [0.2, 0.25) is 0 Å². The molecule has 0 aliphatic heterocycles. The summed E-state index contributed by atoms with van der Waals surface area (Å²) in [4.78, 5) is 0. The van der Waals surface area contributed by atoms with Crippen LogP contribution in [0.25, 0.3) is 0 Å². The standard InChI is InChI=1S/C15H20O2/c1-3-14-8-10-15(11-9-14)17-13-7-5-6-12-16-4-2/h8-11H,3-5,7,13H2,1-2H3. The lowest BCUT2D eigenvalue weighted by Crippen LogP contribution is -1.96. The molecule has 0 amide bonds. The van der Waals surface area contributed by atoms with Crippen molar-refractivity contribution in [1.82, 2.24) is 0 Å². The molecule has 0 bridgehead atoms. The van der Waals surface area contributed by atoms with E-state index in [2.05, 4.69) is 31.1 Å². The summed E-state index contributed by atoms with van der Waals surface area (Å²) in [7, 11) is 0. The fourth-order valence-electron chi connectivity index (χ4n) is 1.35. The Morgan fingerprint density at radius 2 is 1.88 bits per heavy atom. The molecule has 92 valence electrons. The molecule has 0 N–H and O–H groups in total. The van der Waals surface area contributed by atoms with Crippen LogP contribution in [0.5, 0.6) is 5.75 Å². The molecule has 17 heavy (non-hydrogen) atoms. The molecular formula is C15H20O2. The molecule has 1 rings (SSSR count). The summed E-state index contributed by atoms with van der Waals surface area (Å²) < 4.78 is 10.5. The fourth-order valence-corrected chi connectivity index (χ4v) is 1.35. The van der Waals surface area contributed by atoms with Crippen LogP contribution in [0.3, 0.4) is 0 Å². The highest BCUT2D eigenvalue weighted by Crippen LogP contribution is 2.12. The minimum absolute atomic E-state index is 0.646. The third-order valence-electron chi connectivity index (χ3n) is 2.34. The van der Waals surface area contributed by atoms with Gasteiger partial charge in [-0.15, -0.1) is 0 Å². The number of hydrogen-bond donors (Lipinski definition) is 0. The van der Waals surface area contributed by atoms with Crippen LogP contribution >= 0.6 is 0 Å². The summed E-state index contributed by atoms with van der Waals surface area (Å²) >= 11 is 0. The van der Waals surface area contributed by atoms with Crippen molar-refractivity contribution in [3.63, 3.8) is 0 Å². The molecule has 0 aliphatic carbocycles. The predicted octanol–water partition coefficient (Wildman–Crippen LogP) is 3.41. The van der Waals surface area contributed by atoms with E-state index in [4.69, 9.17) is 9.47 Å². The SMILES string of the molecule is CCOC#CCCCOc1ccc(CC)cc1. The van der Waals surface area contributed by atoms with Gasteiger partial charge in [0.15, 0.2) is 0 Å². The second-order valence-corrected chi connectivity index (χ2v) is 3.66. The van der Waals surface area contributed by atoms with E-state index in [1.165, 1.54) is 5.56 Å². The summed E-state index contributed by atoms with van der Waals surface area (Å²) in [6.07, 6.45) is 5.44. The second-order valence-electron chi connectivity index (χ2n) is 3.66. The minimum Gasteiger partial charge on any atom is -0.494 e. The normalized spacial score (nSPS) is 9.29. The highest BCUT2D eigenvalue weighted by Gasteiger charge is 1.93. The van der Waals surface area contributed by atoms with Crippen LogP contribution in [0.4, 0.5) is 0 Å². The third-order valence-corrected chi connectivity index (χ3v) is 2.34. The maximum absolute atomic E-state index is 5.60. The molecule has 0 aliphatic rings. The van der Waals surface area contributed by atoms with Crippen LogP contribution in [0.1, 0.15) is 32.3 Å². The van der Waals surface area contributed by atoms with E-state index in [9.17, 15) is 0 Å². The van der Waals surface area contributed by atoms with E-state index < -0.39 is 0 Å². The predicted molar refractivity (Wildman–Crippen MR) is 70.0 cm³/mol. The molecule has 1 aromatic rings. The van der Waals surface area contributed by atoms with Crippen molar-refractivity contribution < 1.29 is 9.47 Å². The first kappa shape index (κ1) is 13.4. The van der Waals surface area contributed by atoms with E-state index in [1.54, 1.807) is 0 Å². The van der Waals surface area contributed by atoms with E-state index in [0.717, 1.165) is 25.0 Å². The van der Waals surface area contributed by atoms with Crippen LogP contribution in [0.15, 0.2) is 24.3 Å². The fraction of sp³-hybridized carbons (Fsp3) is 0.467. The van der Waals surface area contributed by atoms with Crippen molar-refractivity contribution in [3.8, 4) is 17.8 Å². The Morgan fingerprint density at radius 3 is 2.53 bits per heavy atom. The number of rotatable bonds is 6. The van der Waals surface area contributed by atoms with E-state index in [1.807, 2.05) is 19.1 Å². The number of ether oxygens (including phenoxy) is 2. The molecule has 0 spiro atoms. The van der Waals surface area contributed by atoms with Crippen LogP contribution in [-0.4, -0.2) is 13.2 Å². The van der Waals surface area contributed by atoms with E-state index in [-0.39, 0.29) is 0 Å². The lowest BCUT2D eigenvalue weighted by atomic mass is 10.2. The van der Waals surface area contributed by atoms with Gasteiger partial charge in [0.25, 0.3) is 0 Å². The first-order valence-electron chi connectivity index (χ1n) is 6.18. The van der Waals surface area contributed by atoms with Crippen molar-refractivity contribution in [2.75, 3.05) is 13.2 Å². The minimum atomic E-state index is 0.646. The zero-order valence-corrected chi connectivity index (χ0v) is 10.7. The van der Waals surface area contributed by atoms with Gasteiger partial charge in [0, 0.05) is 6.42 Å². The largest absolute Gasteiger partial charge is 0.494 e. The second kappa shape index (κ2) is 8.52. The highest BCUT2D eigenvalue weighted by atomic mass is 16.5. The maximum Gasteiger partial charge on any atom is 0.119 e. The average Bonchev–Trinajstić information content (AvgIpc) is 2.38. The van der Waals surface area contributed by atoms with Crippen molar-refractivity contribution in [2.24, 2.45) is 0 Å². The molecule has 0 atom stereocenters. The van der Waals surface area contributed by atoms with Gasteiger partial charge in [-0.05, 0) is 37.5 Å². The monoisotopic (exact) mass is 232 g/mol. The summed E-state index contributed by atoms with van der Waals surface area (Å²) in [5.41, 5.74) is 1.33. The van der Waals surface area contributed by atoms with Gasteiger partial charge in [0.05, 0.1) is 13.2 Å². The van der Waals surface area contributed by atoms with Crippen molar-refractivity contribution in [3.05, 3.63) is 29.8 Å². The lowest BCUT2D eigenvalue weighted by Gasteiger charge is -2.05.